The molecule has 0 N–H and O–H groups in total. The highest BCUT2D eigenvalue weighted by Gasteiger charge is 2.53. The van der Waals surface area contributed by atoms with Gasteiger partial charge in [-0.1, -0.05) is 18.2 Å². The van der Waals surface area contributed by atoms with Crippen molar-refractivity contribution in [3.05, 3.63) is 53.7 Å². The molecule has 196 valence electrons. The van der Waals surface area contributed by atoms with E-state index in [1.54, 1.807) is 0 Å². The van der Waals surface area contributed by atoms with Crippen LogP contribution in [-0.4, -0.2) is 32.5 Å². The third-order valence-electron chi connectivity index (χ3n) is 7.77. The van der Waals surface area contributed by atoms with Gasteiger partial charge in [0.1, 0.15) is 24.5 Å². The second kappa shape index (κ2) is 9.15. The van der Waals surface area contributed by atoms with E-state index < -0.39 is 11.0 Å². The minimum atomic E-state index is -0.760. The number of fused-ring (bicyclic) bond motifs is 3. The molecule has 3 aromatic rings. The fraction of sp³-hybridized carbons (Fsp3) is 0.517. The predicted molar refractivity (Wildman–Crippen MR) is 137 cm³/mol. The van der Waals surface area contributed by atoms with Gasteiger partial charge < -0.3 is 14.0 Å². The number of hydrogen-bond donors (Lipinski definition) is 0. The number of imidazole rings is 1. The molecule has 1 saturated carbocycles. The topological polar surface area (TPSA) is 83.4 Å². The van der Waals surface area contributed by atoms with Gasteiger partial charge in [-0.3, -0.25) is 14.4 Å². The summed E-state index contributed by atoms with van der Waals surface area (Å²) in [4.78, 5) is 38.6. The Bertz CT molecular complexity index is 1390. The summed E-state index contributed by atoms with van der Waals surface area (Å²) in [6, 6.07) is 8.09. The molecule has 1 unspecified atom stereocenters. The first-order chi connectivity index (χ1) is 17.5. The molecule has 8 heteroatoms. The predicted octanol–water partition coefficient (Wildman–Crippen LogP) is 4.03. The van der Waals surface area contributed by atoms with E-state index in [2.05, 4.69) is 15.2 Å². The second-order valence-electron chi connectivity index (χ2n) is 11.6. The molecule has 1 fully saturated rings. The van der Waals surface area contributed by atoms with Crippen LogP contribution in [0.25, 0.3) is 10.9 Å². The first-order valence-electron chi connectivity index (χ1n) is 13.0. The van der Waals surface area contributed by atoms with Crippen molar-refractivity contribution in [3.8, 4) is 0 Å². The number of carbonyl (C=O) groups excluding carboxylic acids is 3. The van der Waals surface area contributed by atoms with E-state index in [0.29, 0.717) is 19.4 Å². The Hall–Kier alpha value is -3.42. The largest absolute Gasteiger partial charge is 0.460 e. The first kappa shape index (κ1) is 25.2. The number of ketones is 1. The number of aromatic nitrogens is 3. The highest BCUT2D eigenvalue weighted by atomic mass is 16.6. The van der Waals surface area contributed by atoms with Gasteiger partial charge in [-0.15, -0.1) is 0 Å². The van der Waals surface area contributed by atoms with Crippen molar-refractivity contribution in [2.24, 2.45) is 18.4 Å². The van der Waals surface area contributed by atoms with E-state index in [-0.39, 0.29) is 36.8 Å². The lowest BCUT2D eigenvalue weighted by molar-refractivity contribution is -0.732. The van der Waals surface area contributed by atoms with E-state index in [1.807, 2.05) is 69.9 Å². The number of rotatable bonds is 7. The van der Waals surface area contributed by atoms with Crippen LogP contribution in [0.1, 0.15) is 68.3 Å². The van der Waals surface area contributed by atoms with Gasteiger partial charge in [0.2, 0.25) is 6.73 Å². The number of benzene rings is 1. The summed E-state index contributed by atoms with van der Waals surface area (Å²) < 4.78 is 17.1. The third kappa shape index (κ3) is 4.81. The van der Waals surface area contributed by atoms with Gasteiger partial charge in [-0.2, -0.15) is 4.57 Å². The number of carbonyl (C=O) groups is 3. The molecule has 0 spiro atoms. The molecule has 1 aromatic carbocycles. The number of nitrogens with zero attached hydrogens (tertiary/aromatic N) is 3. The molecule has 0 aliphatic heterocycles. The van der Waals surface area contributed by atoms with E-state index >= 15 is 0 Å². The fourth-order valence-electron chi connectivity index (χ4n) is 5.48. The van der Waals surface area contributed by atoms with Crippen molar-refractivity contribution >= 4 is 28.6 Å². The number of ether oxygens (including phenoxy) is 2. The molecule has 1 atom stereocenters. The Balaban J connectivity index is 1.23. The third-order valence-corrected chi connectivity index (χ3v) is 7.77. The highest BCUT2D eigenvalue weighted by molar-refractivity contribution is 6.11. The maximum Gasteiger partial charge on any atom is 0.315 e. The molecule has 0 bridgehead atoms. The van der Waals surface area contributed by atoms with Gasteiger partial charge >= 0.3 is 11.9 Å². The van der Waals surface area contributed by atoms with Crippen molar-refractivity contribution < 1.29 is 28.4 Å². The summed E-state index contributed by atoms with van der Waals surface area (Å²) in [5.41, 5.74) is 1.74. The van der Waals surface area contributed by atoms with Crippen LogP contribution in [0, 0.1) is 18.3 Å². The van der Waals surface area contributed by atoms with E-state index in [0.717, 1.165) is 40.8 Å². The normalized spacial score (nSPS) is 18.5. The van der Waals surface area contributed by atoms with E-state index in [9.17, 15) is 14.4 Å². The van der Waals surface area contributed by atoms with Crippen LogP contribution in [0.15, 0.2) is 36.7 Å². The zero-order valence-electron chi connectivity index (χ0n) is 22.4. The SMILES string of the molecule is Cc1n(CC2CCc3c(c4ccccc4n3C)C2=O)cc[n+]1COC(=O)C1(CC(=O)OC(C)(C)C)CC1. The maximum atomic E-state index is 13.5. The lowest BCUT2D eigenvalue weighted by atomic mass is 9.85. The van der Waals surface area contributed by atoms with Crippen LogP contribution in [-0.2, 0) is 45.8 Å². The van der Waals surface area contributed by atoms with Crippen LogP contribution < -0.4 is 4.57 Å². The van der Waals surface area contributed by atoms with Gasteiger partial charge in [0, 0.05) is 36.1 Å². The van der Waals surface area contributed by atoms with Gasteiger partial charge in [0.15, 0.2) is 5.78 Å². The van der Waals surface area contributed by atoms with Crippen molar-refractivity contribution in [2.45, 2.75) is 78.7 Å². The lowest BCUT2D eigenvalue weighted by Gasteiger charge is -2.21. The Morgan fingerprint density at radius 3 is 2.62 bits per heavy atom. The summed E-state index contributed by atoms with van der Waals surface area (Å²) in [6.07, 6.45) is 6.79. The first-order valence-corrected chi connectivity index (χ1v) is 13.0. The molecular formula is C29H36N3O5+. The zero-order chi connectivity index (χ0) is 26.5. The quantitative estimate of drug-likeness (QED) is 0.357. The Morgan fingerprint density at radius 2 is 1.92 bits per heavy atom. The van der Waals surface area contributed by atoms with Crippen LogP contribution in [0.5, 0.6) is 0 Å². The molecule has 37 heavy (non-hydrogen) atoms. The molecule has 8 nitrogen and oxygen atoms in total. The highest BCUT2D eigenvalue weighted by Crippen LogP contribution is 2.50. The van der Waals surface area contributed by atoms with Gasteiger partial charge in [-0.25, -0.2) is 4.57 Å². The van der Waals surface area contributed by atoms with Crippen molar-refractivity contribution in [1.82, 2.24) is 9.13 Å². The number of esters is 2. The number of hydrogen-bond acceptors (Lipinski definition) is 5. The summed E-state index contributed by atoms with van der Waals surface area (Å²) in [7, 11) is 2.04. The Labute approximate surface area is 217 Å². The molecule has 2 aliphatic carbocycles. The Morgan fingerprint density at radius 1 is 1.19 bits per heavy atom. The fourth-order valence-corrected chi connectivity index (χ4v) is 5.48. The second-order valence-corrected chi connectivity index (χ2v) is 11.6. The van der Waals surface area contributed by atoms with Crippen molar-refractivity contribution in [3.63, 3.8) is 0 Å². The minimum absolute atomic E-state index is 0.0493. The van der Waals surface area contributed by atoms with Gasteiger partial charge in [0.25, 0.3) is 5.82 Å². The Kier molecular flexibility index (Phi) is 6.24. The smallest absolute Gasteiger partial charge is 0.315 e. The van der Waals surface area contributed by atoms with Gasteiger partial charge in [-0.05, 0) is 52.5 Å². The van der Waals surface area contributed by atoms with Crippen LogP contribution in [0.4, 0.5) is 0 Å². The average molecular weight is 507 g/mol. The molecule has 0 amide bonds. The van der Waals surface area contributed by atoms with Crippen molar-refractivity contribution in [1.29, 1.82) is 0 Å². The molecule has 2 aliphatic rings. The number of para-hydroxylation sites is 1. The summed E-state index contributed by atoms with van der Waals surface area (Å²) in [6.45, 7) is 8.05. The molecule has 2 aromatic heterocycles. The lowest BCUT2D eigenvalue weighted by Crippen LogP contribution is -2.40. The minimum Gasteiger partial charge on any atom is -0.460 e. The number of Topliss-reactive ketones (excluding diaryl/α,β-unsaturated/α-hetero) is 1. The summed E-state index contributed by atoms with van der Waals surface area (Å²) >= 11 is 0. The van der Waals surface area contributed by atoms with Crippen LogP contribution in [0.2, 0.25) is 0 Å². The summed E-state index contributed by atoms with van der Waals surface area (Å²) in [5.74, 6) is 0.264. The molecule has 0 radical (unpaired) electrons. The molecule has 0 saturated heterocycles. The summed E-state index contributed by atoms with van der Waals surface area (Å²) in [5, 5.41) is 1.03. The van der Waals surface area contributed by atoms with Gasteiger partial charge in [0.05, 0.1) is 17.8 Å². The van der Waals surface area contributed by atoms with Crippen molar-refractivity contribution in [2.75, 3.05) is 0 Å². The molecule has 2 heterocycles. The van der Waals surface area contributed by atoms with E-state index in [4.69, 9.17) is 9.47 Å². The zero-order valence-corrected chi connectivity index (χ0v) is 22.4. The van der Waals surface area contributed by atoms with Crippen LogP contribution >= 0.6 is 0 Å². The van der Waals surface area contributed by atoms with E-state index in [1.165, 1.54) is 0 Å². The maximum absolute atomic E-state index is 13.5. The van der Waals surface area contributed by atoms with Crippen LogP contribution in [0.3, 0.4) is 0 Å². The average Bonchev–Trinajstić information content (AvgIpc) is 3.45. The monoisotopic (exact) mass is 506 g/mol. The number of aryl methyl sites for hydroxylation is 1. The molecular weight excluding hydrogens is 470 g/mol. The standard InChI is InChI=1S/C29H36N3O5/c1-19-31(17-20-10-11-23-25(26(20)34)21-8-6-7-9-22(21)30(23)5)14-15-32(19)18-36-27(35)29(12-13-29)16-24(33)37-28(2,3)4/h6-9,14-15,20H,10-13,16-18H2,1-5H3/q+1. The molecule has 5 rings (SSSR count).